The number of rotatable bonds is 3. The smallest absolute Gasteiger partial charge is 0.238 e. The van der Waals surface area contributed by atoms with E-state index in [1.165, 1.54) is 19.3 Å². The van der Waals surface area contributed by atoms with Crippen LogP contribution in [0, 0.1) is 0 Å². The molecule has 1 aromatic carbocycles. The number of hydrogen-bond acceptors (Lipinski definition) is 3. The number of aliphatic imine (C=N–C) groups is 1. The van der Waals surface area contributed by atoms with E-state index in [0.29, 0.717) is 10.2 Å². The number of para-hydroxylation sites is 1. The molecule has 74 valence electrons. The predicted octanol–water partition coefficient (Wildman–Crippen LogP) is 2.76. The van der Waals surface area contributed by atoms with E-state index in [1.54, 1.807) is 12.1 Å². The number of benzene rings is 1. The van der Waals surface area contributed by atoms with Crippen LogP contribution in [-0.4, -0.2) is 13.2 Å². The number of alkyl halides is 1. The highest BCUT2D eigenvalue weighted by atomic mass is 79.9. The van der Waals surface area contributed by atoms with Crippen LogP contribution in [-0.2, 0) is 4.79 Å². The number of ether oxygens (including phenoxy) is 1. The molecule has 5 heteroatoms. The fraction of sp³-hybridized carbons (Fsp3) is 0.222. The Balaban J connectivity index is 3.19. The monoisotopic (exact) mass is 259 g/mol. The third-order valence-electron chi connectivity index (χ3n) is 1.62. The molecule has 0 fully saturated rings. The zero-order valence-corrected chi connectivity index (χ0v) is 8.92. The minimum Gasteiger partial charge on any atom is -0.495 e. The van der Waals surface area contributed by atoms with Gasteiger partial charge in [0.1, 0.15) is 5.75 Å². The van der Waals surface area contributed by atoms with Gasteiger partial charge in [-0.05, 0) is 22.0 Å². The Kier molecular flexibility index (Phi) is 3.80. The van der Waals surface area contributed by atoms with Gasteiger partial charge in [0.15, 0.2) is 0 Å². The van der Waals surface area contributed by atoms with Gasteiger partial charge in [0, 0.05) is 0 Å². The van der Waals surface area contributed by atoms with Crippen LogP contribution < -0.4 is 4.74 Å². The van der Waals surface area contributed by atoms with Gasteiger partial charge in [-0.25, -0.2) is 9.18 Å². The summed E-state index contributed by atoms with van der Waals surface area (Å²) in [5.41, 5.74) is 0.199. The van der Waals surface area contributed by atoms with Gasteiger partial charge >= 0.3 is 0 Å². The Morgan fingerprint density at radius 3 is 2.93 bits per heavy atom. The number of halogens is 2. The van der Waals surface area contributed by atoms with E-state index in [2.05, 4.69) is 20.9 Å². The van der Waals surface area contributed by atoms with Crippen molar-refractivity contribution in [3.63, 3.8) is 0 Å². The normalized spacial score (nSPS) is 11.6. The molecule has 0 aliphatic carbocycles. The molecule has 0 radical (unpaired) electrons. The minimum atomic E-state index is -1.74. The summed E-state index contributed by atoms with van der Waals surface area (Å²) in [4.78, 5) is 12.9. The minimum absolute atomic E-state index is 0.199. The predicted molar refractivity (Wildman–Crippen MR) is 52.7 cm³/mol. The second-order valence-electron chi connectivity index (χ2n) is 2.42. The van der Waals surface area contributed by atoms with Gasteiger partial charge in [0.2, 0.25) is 12.4 Å². The van der Waals surface area contributed by atoms with E-state index in [4.69, 9.17) is 4.74 Å². The topological polar surface area (TPSA) is 38.7 Å². The quantitative estimate of drug-likeness (QED) is 0.476. The molecule has 0 aliphatic heterocycles. The van der Waals surface area contributed by atoms with Crippen LogP contribution in [0.4, 0.5) is 4.39 Å². The molecule has 1 unspecified atom stereocenters. The second-order valence-corrected chi connectivity index (χ2v) is 3.27. The standard InChI is InChI=1S/C9H7BrFNO2/c1-14-8-6(9(11)12-5-13)3-2-4-7(8)10/h2-4,9H,1H3. The van der Waals surface area contributed by atoms with Gasteiger partial charge in [-0.2, -0.15) is 4.99 Å². The first-order valence-corrected chi connectivity index (χ1v) is 4.53. The SMILES string of the molecule is COc1c(Br)cccc1C(F)N=C=O. The zero-order valence-electron chi connectivity index (χ0n) is 7.33. The lowest BCUT2D eigenvalue weighted by Gasteiger charge is -2.09. The Hall–Kier alpha value is -1.19. The van der Waals surface area contributed by atoms with Gasteiger partial charge in [-0.3, -0.25) is 0 Å². The maximum absolute atomic E-state index is 13.2. The van der Waals surface area contributed by atoms with Crippen molar-refractivity contribution < 1.29 is 13.9 Å². The van der Waals surface area contributed by atoms with Crippen molar-refractivity contribution >= 4 is 22.0 Å². The molecule has 0 amide bonds. The molecular weight excluding hydrogens is 253 g/mol. The molecule has 0 N–H and O–H groups in total. The van der Waals surface area contributed by atoms with Crippen molar-refractivity contribution in [2.45, 2.75) is 6.30 Å². The summed E-state index contributed by atoms with van der Waals surface area (Å²) in [6.07, 6.45) is -0.570. The highest BCUT2D eigenvalue weighted by Gasteiger charge is 2.15. The lowest BCUT2D eigenvalue weighted by Crippen LogP contribution is -1.94. The summed E-state index contributed by atoms with van der Waals surface area (Å²) in [6, 6.07) is 4.84. The molecule has 1 aromatic rings. The van der Waals surface area contributed by atoms with E-state index in [1.807, 2.05) is 0 Å². The zero-order chi connectivity index (χ0) is 10.6. The number of methoxy groups -OCH3 is 1. The Bertz CT molecular complexity index is 377. The van der Waals surface area contributed by atoms with Gasteiger partial charge in [-0.1, -0.05) is 12.1 Å². The summed E-state index contributed by atoms with van der Waals surface area (Å²) in [7, 11) is 1.42. The molecule has 0 aromatic heterocycles. The second kappa shape index (κ2) is 4.88. The Morgan fingerprint density at radius 2 is 2.36 bits per heavy atom. The molecule has 0 heterocycles. The van der Waals surface area contributed by atoms with Crippen molar-refractivity contribution in [1.29, 1.82) is 0 Å². The first kappa shape index (κ1) is 10.9. The van der Waals surface area contributed by atoms with Crippen molar-refractivity contribution in [2.24, 2.45) is 4.99 Å². The van der Waals surface area contributed by atoms with Gasteiger partial charge in [-0.15, -0.1) is 0 Å². The van der Waals surface area contributed by atoms with E-state index in [9.17, 15) is 9.18 Å². The highest BCUT2D eigenvalue weighted by Crippen LogP contribution is 2.34. The van der Waals surface area contributed by atoms with Gasteiger partial charge in [0.05, 0.1) is 17.1 Å². The fourth-order valence-corrected chi connectivity index (χ4v) is 1.59. The summed E-state index contributed by atoms with van der Waals surface area (Å²) < 4.78 is 18.8. The molecule has 14 heavy (non-hydrogen) atoms. The van der Waals surface area contributed by atoms with Crippen molar-refractivity contribution in [2.75, 3.05) is 7.11 Å². The molecular formula is C9H7BrFNO2. The van der Waals surface area contributed by atoms with Gasteiger partial charge < -0.3 is 4.74 Å². The van der Waals surface area contributed by atoms with Crippen molar-refractivity contribution in [3.8, 4) is 5.75 Å². The summed E-state index contributed by atoms with van der Waals surface area (Å²) in [5, 5.41) is 0. The third-order valence-corrected chi connectivity index (χ3v) is 2.25. The van der Waals surface area contributed by atoms with E-state index < -0.39 is 6.30 Å². The molecule has 0 aliphatic rings. The summed E-state index contributed by atoms with van der Waals surface area (Å²) in [6.45, 7) is 0. The van der Waals surface area contributed by atoms with Crippen LogP contribution in [0.5, 0.6) is 5.75 Å². The molecule has 1 rings (SSSR count). The molecule has 0 spiro atoms. The Morgan fingerprint density at radius 1 is 1.64 bits per heavy atom. The molecule has 1 atom stereocenters. The highest BCUT2D eigenvalue weighted by molar-refractivity contribution is 9.10. The average molecular weight is 260 g/mol. The first-order valence-electron chi connectivity index (χ1n) is 3.74. The third kappa shape index (κ3) is 2.19. The lowest BCUT2D eigenvalue weighted by atomic mass is 10.2. The number of isocyanates is 1. The van der Waals surface area contributed by atoms with Crippen LogP contribution in [0.3, 0.4) is 0 Å². The molecule has 0 saturated carbocycles. The van der Waals surface area contributed by atoms with Crippen LogP contribution in [0.25, 0.3) is 0 Å². The Labute approximate surface area is 88.7 Å². The van der Waals surface area contributed by atoms with E-state index in [-0.39, 0.29) is 5.56 Å². The van der Waals surface area contributed by atoms with E-state index in [0.717, 1.165) is 0 Å². The van der Waals surface area contributed by atoms with Crippen LogP contribution in [0.1, 0.15) is 11.9 Å². The molecule has 3 nitrogen and oxygen atoms in total. The van der Waals surface area contributed by atoms with Crippen LogP contribution in [0.15, 0.2) is 27.7 Å². The number of carbonyl (C=O) groups excluding carboxylic acids is 1. The fourth-order valence-electron chi connectivity index (χ4n) is 1.04. The maximum Gasteiger partial charge on any atom is 0.238 e. The average Bonchev–Trinajstić information content (AvgIpc) is 2.17. The lowest BCUT2D eigenvalue weighted by molar-refractivity contribution is 0.333. The molecule has 0 saturated heterocycles. The largest absolute Gasteiger partial charge is 0.495 e. The van der Waals surface area contributed by atoms with Crippen molar-refractivity contribution in [3.05, 3.63) is 28.2 Å². The number of hydrogen-bond donors (Lipinski definition) is 0. The van der Waals surface area contributed by atoms with E-state index >= 15 is 0 Å². The van der Waals surface area contributed by atoms with Crippen LogP contribution >= 0.6 is 15.9 Å². The maximum atomic E-state index is 13.2. The summed E-state index contributed by atoms with van der Waals surface area (Å²) in [5.74, 6) is 0.332. The molecule has 0 bridgehead atoms. The van der Waals surface area contributed by atoms with Crippen LogP contribution in [0.2, 0.25) is 0 Å². The van der Waals surface area contributed by atoms with Gasteiger partial charge in [0.25, 0.3) is 0 Å². The summed E-state index contributed by atoms with van der Waals surface area (Å²) >= 11 is 3.19. The van der Waals surface area contributed by atoms with Crippen molar-refractivity contribution in [1.82, 2.24) is 0 Å². The first-order chi connectivity index (χ1) is 6.70. The number of nitrogens with zero attached hydrogens (tertiary/aromatic N) is 1.